The van der Waals surface area contributed by atoms with Crippen molar-refractivity contribution >= 4 is 27.1 Å². The first kappa shape index (κ1) is 17.0. The van der Waals surface area contributed by atoms with E-state index in [0.717, 1.165) is 42.9 Å². The van der Waals surface area contributed by atoms with Crippen LogP contribution in [-0.2, 0) is 13.0 Å². The molecule has 0 saturated heterocycles. The molecule has 2 aromatic carbocycles. The number of nitro groups is 1. The third-order valence-corrected chi connectivity index (χ3v) is 6.32. The summed E-state index contributed by atoms with van der Waals surface area (Å²) in [6.07, 6.45) is 1.02. The number of non-ortho nitro benzene ring substituents is 1. The predicted octanol–water partition coefficient (Wildman–Crippen LogP) is 4.86. The Morgan fingerprint density at radius 1 is 1.23 bits per heavy atom. The van der Waals surface area contributed by atoms with E-state index in [1.165, 1.54) is 20.5 Å². The van der Waals surface area contributed by atoms with E-state index < -0.39 is 0 Å². The zero-order valence-corrected chi connectivity index (χ0v) is 15.6. The third kappa shape index (κ3) is 2.75. The maximum absolute atomic E-state index is 10.9. The molecule has 3 aromatic rings. The van der Waals surface area contributed by atoms with Gasteiger partial charge in [0.25, 0.3) is 5.69 Å². The average Bonchev–Trinajstić information content (AvgIpc) is 3.06. The Morgan fingerprint density at radius 2 is 2.00 bits per heavy atom. The molecule has 0 radical (unpaired) electrons. The normalized spacial score (nSPS) is 14.4. The van der Waals surface area contributed by atoms with Gasteiger partial charge in [-0.3, -0.25) is 15.0 Å². The van der Waals surface area contributed by atoms with Crippen LogP contribution in [0.3, 0.4) is 0 Å². The summed E-state index contributed by atoms with van der Waals surface area (Å²) in [4.78, 5) is 14.4. The van der Waals surface area contributed by atoms with Gasteiger partial charge in [0.1, 0.15) is 5.75 Å². The number of hydrogen-bond donors (Lipinski definition) is 0. The van der Waals surface area contributed by atoms with E-state index in [-0.39, 0.29) is 10.6 Å². The highest BCUT2D eigenvalue weighted by Gasteiger charge is 2.24. The second kappa shape index (κ2) is 6.70. The van der Waals surface area contributed by atoms with Gasteiger partial charge in [-0.25, -0.2) is 0 Å². The zero-order chi connectivity index (χ0) is 18.3. The van der Waals surface area contributed by atoms with E-state index >= 15 is 0 Å². The summed E-state index contributed by atoms with van der Waals surface area (Å²) in [5.41, 5.74) is 3.64. The van der Waals surface area contributed by atoms with Crippen molar-refractivity contribution in [3.63, 3.8) is 0 Å². The molecule has 0 spiro atoms. The van der Waals surface area contributed by atoms with Crippen molar-refractivity contribution in [2.24, 2.45) is 0 Å². The average molecular weight is 368 g/mol. The molecule has 0 N–H and O–H groups in total. The Labute approximate surface area is 156 Å². The smallest absolute Gasteiger partial charge is 0.269 e. The largest absolute Gasteiger partial charge is 0.495 e. The number of nitro benzene ring substituents is 1. The number of fused-ring (bicyclic) bond motifs is 3. The fourth-order valence-electron chi connectivity index (χ4n) is 3.67. The third-order valence-electron chi connectivity index (χ3n) is 5.09. The Balaban J connectivity index is 1.90. The molecule has 1 aliphatic rings. The van der Waals surface area contributed by atoms with Crippen LogP contribution in [0.2, 0.25) is 0 Å². The maximum Gasteiger partial charge on any atom is 0.269 e. The molecule has 4 rings (SSSR count). The number of rotatable bonds is 4. The Hall–Kier alpha value is -2.44. The Bertz CT molecular complexity index is 979. The summed E-state index contributed by atoms with van der Waals surface area (Å²) < 4.78 is 6.78. The van der Waals surface area contributed by atoms with Gasteiger partial charge in [-0.1, -0.05) is 6.92 Å². The molecule has 2 heterocycles. The molecular weight excluding hydrogens is 348 g/mol. The second-order valence-corrected chi connectivity index (χ2v) is 7.55. The highest BCUT2D eigenvalue weighted by molar-refractivity contribution is 7.19. The van der Waals surface area contributed by atoms with E-state index in [1.54, 1.807) is 19.2 Å². The van der Waals surface area contributed by atoms with Crippen molar-refractivity contribution in [2.75, 3.05) is 20.2 Å². The van der Waals surface area contributed by atoms with Crippen LogP contribution in [0.5, 0.6) is 5.75 Å². The van der Waals surface area contributed by atoms with Crippen molar-refractivity contribution in [1.82, 2.24) is 4.90 Å². The fourth-order valence-corrected chi connectivity index (χ4v) is 5.07. The van der Waals surface area contributed by atoms with Crippen LogP contribution in [0.4, 0.5) is 5.69 Å². The topological polar surface area (TPSA) is 55.6 Å². The summed E-state index contributed by atoms with van der Waals surface area (Å²) in [5, 5.41) is 12.2. The van der Waals surface area contributed by atoms with Crippen LogP contribution in [-0.4, -0.2) is 30.0 Å². The number of methoxy groups -OCH3 is 1. The molecular formula is C20H20N2O3S. The number of ether oxygens (including phenoxy) is 1. The molecule has 0 atom stereocenters. The molecule has 5 nitrogen and oxygen atoms in total. The lowest BCUT2D eigenvalue weighted by Crippen LogP contribution is -2.29. The van der Waals surface area contributed by atoms with Crippen LogP contribution in [0.15, 0.2) is 36.4 Å². The highest BCUT2D eigenvalue weighted by Crippen LogP contribution is 2.45. The second-order valence-electron chi connectivity index (χ2n) is 6.45. The van der Waals surface area contributed by atoms with Gasteiger partial charge in [0.05, 0.1) is 16.7 Å². The molecule has 0 aliphatic carbocycles. The van der Waals surface area contributed by atoms with E-state index in [9.17, 15) is 10.1 Å². The summed E-state index contributed by atoms with van der Waals surface area (Å²) in [5.74, 6) is 0.896. The van der Waals surface area contributed by atoms with Crippen molar-refractivity contribution in [1.29, 1.82) is 0 Å². The molecule has 134 valence electrons. The van der Waals surface area contributed by atoms with E-state index in [2.05, 4.69) is 17.9 Å². The lowest BCUT2D eigenvalue weighted by molar-refractivity contribution is -0.384. The number of benzene rings is 2. The number of likely N-dealkylation sites (N-methyl/N-ethyl adjacent to an activating group) is 1. The molecule has 6 heteroatoms. The summed E-state index contributed by atoms with van der Waals surface area (Å²) >= 11 is 1.81. The van der Waals surface area contributed by atoms with Crippen LogP contribution < -0.4 is 4.74 Å². The summed E-state index contributed by atoms with van der Waals surface area (Å²) in [6, 6.07) is 10.9. The first-order valence-electron chi connectivity index (χ1n) is 8.70. The molecule has 0 fully saturated rings. The molecule has 1 aliphatic heterocycles. The van der Waals surface area contributed by atoms with Crippen molar-refractivity contribution in [3.05, 3.63) is 57.0 Å². The Morgan fingerprint density at radius 3 is 2.65 bits per heavy atom. The van der Waals surface area contributed by atoms with Crippen molar-refractivity contribution in [2.45, 2.75) is 19.9 Å². The van der Waals surface area contributed by atoms with Gasteiger partial charge in [-0.15, -0.1) is 11.3 Å². The maximum atomic E-state index is 10.9. The first-order valence-corrected chi connectivity index (χ1v) is 9.52. The van der Waals surface area contributed by atoms with Crippen LogP contribution >= 0.6 is 11.3 Å². The number of hydrogen-bond acceptors (Lipinski definition) is 5. The minimum atomic E-state index is -0.362. The molecule has 0 unspecified atom stereocenters. The molecule has 1 aromatic heterocycles. The van der Waals surface area contributed by atoms with Gasteiger partial charge in [0.2, 0.25) is 0 Å². The molecule has 0 amide bonds. The van der Waals surface area contributed by atoms with Crippen molar-refractivity contribution in [3.8, 4) is 16.9 Å². The molecule has 0 saturated carbocycles. The van der Waals surface area contributed by atoms with Crippen LogP contribution in [0.25, 0.3) is 21.2 Å². The SMILES string of the molecule is CCN1CCc2c(sc3c(OC)ccc(-c4ccc([N+](=O)[O-])cc4)c23)C1. The van der Waals surface area contributed by atoms with Gasteiger partial charge in [0.15, 0.2) is 0 Å². The van der Waals surface area contributed by atoms with E-state index in [1.807, 2.05) is 29.5 Å². The number of thiophene rings is 1. The van der Waals surface area contributed by atoms with Gasteiger partial charge in [-0.05, 0) is 53.9 Å². The minimum absolute atomic E-state index is 0.115. The highest BCUT2D eigenvalue weighted by atomic mass is 32.1. The standard InChI is InChI=1S/C20H20N2O3S/c1-3-21-11-10-16-18(12-21)26-20-17(25-2)9-8-15(19(16)20)13-4-6-14(7-5-13)22(23)24/h4-9H,3,10-12H2,1-2H3. The quantitative estimate of drug-likeness (QED) is 0.487. The predicted molar refractivity (Wildman–Crippen MR) is 105 cm³/mol. The summed E-state index contributed by atoms with van der Waals surface area (Å²) in [7, 11) is 1.71. The summed E-state index contributed by atoms with van der Waals surface area (Å²) in [6.45, 7) is 5.29. The van der Waals surface area contributed by atoms with Crippen molar-refractivity contribution < 1.29 is 9.66 Å². The van der Waals surface area contributed by atoms with E-state index in [4.69, 9.17) is 4.74 Å². The lowest BCUT2D eigenvalue weighted by Gasteiger charge is -2.25. The number of nitrogens with zero attached hydrogens (tertiary/aromatic N) is 2. The zero-order valence-electron chi connectivity index (χ0n) is 14.8. The first-order chi connectivity index (χ1) is 12.6. The molecule has 26 heavy (non-hydrogen) atoms. The minimum Gasteiger partial charge on any atom is -0.495 e. The fraction of sp³-hybridized carbons (Fsp3) is 0.300. The van der Waals surface area contributed by atoms with Gasteiger partial charge in [0, 0.05) is 35.5 Å². The monoisotopic (exact) mass is 368 g/mol. The lowest BCUT2D eigenvalue weighted by atomic mass is 9.95. The van der Waals surface area contributed by atoms with Gasteiger partial charge >= 0.3 is 0 Å². The van der Waals surface area contributed by atoms with Gasteiger partial charge in [-0.2, -0.15) is 0 Å². The Kier molecular flexibility index (Phi) is 4.38. The van der Waals surface area contributed by atoms with Crippen LogP contribution in [0, 0.1) is 10.1 Å². The van der Waals surface area contributed by atoms with E-state index in [0.29, 0.717) is 0 Å². The molecule has 0 bridgehead atoms. The van der Waals surface area contributed by atoms with Gasteiger partial charge < -0.3 is 4.74 Å². The van der Waals surface area contributed by atoms with Crippen LogP contribution in [0.1, 0.15) is 17.4 Å².